The number of hydrogen-bond donors (Lipinski definition) is 2. The number of unbranched alkanes of at least 4 members (excludes halogenated alkanes) is 1. The average molecular weight is 246 g/mol. The van der Waals surface area contributed by atoms with Gasteiger partial charge in [-0.2, -0.15) is 0 Å². The first kappa shape index (κ1) is 12.9. The average Bonchev–Trinajstić information content (AvgIpc) is 2.68. The summed E-state index contributed by atoms with van der Waals surface area (Å²) in [5.74, 6) is 0.939. The van der Waals surface area contributed by atoms with Crippen molar-refractivity contribution in [2.45, 2.75) is 33.2 Å². The summed E-state index contributed by atoms with van der Waals surface area (Å²) >= 11 is 0. The van der Waals surface area contributed by atoms with E-state index in [0.29, 0.717) is 6.54 Å². The quantitative estimate of drug-likeness (QED) is 0.770. The zero-order valence-corrected chi connectivity index (χ0v) is 11.2. The molecule has 1 aromatic heterocycles. The summed E-state index contributed by atoms with van der Waals surface area (Å²) in [6, 6.07) is 6.36. The number of imidazole rings is 1. The molecule has 0 saturated heterocycles. The zero-order valence-electron chi connectivity index (χ0n) is 11.2. The highest BCUT2D eigenvalue weighted by atomic mass is 15.2. The van der Waals surface area contributed by atoms with Gasteiger partial charge in [0.15, 0.2) is 0 Å². The molecule has 1 aromatic carbocycles. The summed E-state index contributed by atoms with van der Waals surface area (Å²) < 4.78 is 2.17. The minimum atomic E-state index is 0.627. The maximum absolute atomic E-state index is 5.69. The van der Waals surface area contributed by atoms with Gasteiger partial charge in [0.1, 0.15) is 0 Å². The van der Waals surface area contributed by atoms with Crippen LogP contribution in [0.2, 0.25) is 0 Å². The van der Waals surface area contributed by atoms with E-state index in [-0.39, 0.29) is 0 Å². The fraction of sp³-hybridized carbons (Fsp3) is 0.500. The van der Waals surface area contributed by atoms with Crippen LogP contribution >= 0.6 is 0 Å². The molecule has 2 rings (SSSR count). The molecule has 0 bridgehead atoms. The van der Waals surface area contributed by atoms with E-state index >= 15 is 0 Å². The molecule has 0 saturated carbocycles. The van der Waals surface area contributed by atoms with Gasteiger partial charge in [-0.25, -0.2) is 4.98 Å². The summed E-state index contributed by atoms with van der Waals surface area (Å²) in [4.78, 5) is 4.66. The molecule has 2 aromatic rings. The Kier molecular flexibility index (Phi) is 4.20. The van der Waals surface area contributed by atoms with Crippen LogP contribution in [0.15, 0.2) is 18.2 Å². The summed E-state index contributed by atoms with van der Waals surface area (Å²) in [5, 5.41) is 3.40. The highest BCUT2D eigenvalue weighted by Gasteiger charge is 2.09. The lowest BCUT2D eigenvalue weighted by atomic mass is 10.2. The van der Waals surface area contributed by atoms with Crippen molar-refractivity contribution in [3.8, 4) is 0 Å². The highest BCUT2D eigenvalue weighted by Crippen LogP contribution is 2.20. The standard InChI is InChI=1S/C14H22N4/c1-3-4-8-16-14-17-12-10-11(2)5-6-13(12)18(14)9-7-15/h5-6,10H,3-4,7-9,15H2,1-2H3,(H,16,17). The molecule has 0 radical (unpaired) electrons. The third-order valence-electron chi connectivity index (χ3n) is 3.07. The maximum Gasteiger partial charge on any atom is 0.203 e. The van der Waals surface area contributed by atoms with E-state index in [1.54, 1.807) is 0 Å². The SMILES string of the molecule is CCCCNc1nc2cc(C)ccc2n1CCN. The number of anilines is 1. The minimum absolute atomic E-state index is 0.627. The molecule has 0 aliphatic heterocycles. The Morgan fingerprint density at radius 3 is 2.94 bits per heavy atom. The zero-order chi connectivity index (χ0) is 13.0. The van der Waals surface area contributed by atoms with Gasteiger partial charge in [0, 0.05) is 19.6 Å². The molecule has 0 fully saturated rings. The van der Waals surface area contributed by atoms with Gasteiger partial charge in [-0.05, 0) is 31.0 Å². The highest BCUT2D eigenvalue weighted by molar-refractivity contribution is 5.79. The Morgan fingerprint density at radius 2 is 2.22 bits per heavy atom. The molecular formula is C14H22N4. The Labute approximate surface area is 108 Å². The van der Waals surface area contributed by atoms with Gasteiger partial charge in [-0.1, -0.05) is 19.4 Å². The molecule has 0 spiro atoms. The van der Waals surface area contributed by atoms with Crippen LogP contribution in [-0.2, 0) is 6.54 Å². The van der Waals surface area contributed by atoms with Crippen LogP contribution < -0.4 is 11.1 Å². The van der Waals surface area contributed by atoms with Gasteiger partial charge < -0.3 is 15.6 Å². The van der Waals surface area contributed by atoms with Crippen molar-refractivity contribution in [1.29, 1.82) is 0 Å². The lowest BCUT2D eigenvalue weighted by Gasteiger charge is -2.09. The predicted octanol–water partition coefficient (Wildman–Crippen LogP) is 2.52. The first-order valence-corrected chi connectivity index (χ1v) is 6.67. The van der Waals surface area contributed by atoms with E-state index in [1.807, 2.05) is 0 Å². The molecule has 4 nitrogen and oxygen atoms in total. The van der Waals surface area contributed by atoms with Crippen molar-refractivity contribution >= 4 is 17.0 Å². The van der Waals surface area contributed by atoms with Gasteiger partial charge in [-0.15, -0.1) is 0 Å². The number of rotatable bonds is 6. The summed E-state index contributed by atoms with van der Waals surface area (Å²) in [7, 11) is 0. The maximum atomic E-state index is 5.69. The number of nitrogens with zero attached hydrogens (tertiary/aromatic N) is 2. The molecular weight excluding hydrogens is 224 g/mol. The van der Waals surface area contributed by atoms with E-state index in [4.69, 9.17) is 5.73 Å². The van der Waals surface area contributed by atoms with Crippen molar-refractivity contribution in [1.82, 2.24) is 9.55 Å². The van der Waals surface area contributed by atoms with Crippen molar-refractivity contribution in [2.24, 2.45) is 5.73 Å². The molecule has 18 heavy (non-hydrogen) atoms. The number of nitrogens with one attached hydrogen (secondary N) is 1. The van der Waals surface area contributed by atoms with Crippen molar-refractivity contribution in [3.05, 3.63) is 23.8 Å². The van der Waals surface area contributed by atoms with Crippen LogP contribution in [-0.4, -0.2) is 22.6 Å². The molecule has 0 unspecified atom stereocenters. The van der Waals surface area contributed by atoms with Crippen LogP contribution in [0, 0.1) is 6.92 Å². The van der Waals surface area contributed by atoms with Gasteiger partial charge in [0.05, 0.1) is 11.0 Å². The number of aryl methyl sites for hydroxylation is 1. The fourth-order valence-corrected chi connectivity index (χ4v) is 2.11. The lowest BCUT2D eigenvalue weighted by molar-refractivity contribution is 0.724. The largest absolute Gasteiger partial charge is 0.356 e. The third kappa shape index (κ3) is 2.64. The number of benzene rings is 1. The Balaban J connectivity index is 2.34. The molecule has 98 valence electrons. The second-order valence-electron chi connectivity index (χ2n) is 4.65. The fourth-order valence-electron chi connectivity index (χ4n) is 2.11. The minimum Gasteiger partial charge on any atom is -0.356 e. The van der Waals surface area contributed by atoms with Crippen LogP contribution in [0.25, 0.3) is 11.0 Å². The number of aromatic nitrogens is 2. The van der Waals surface area contributed by atoms with Crippen molar-refractivity contribution in [2.75, 3.05) is 18.4 Å². The van der Waals surface area contributed by atoms with Crippen LogP contribution in [0.4, 0.5) is 5.95 Å². The molecule has 4 heteroatoms. The van der Waals surface area contributed by atoms with Gasteiger partial charge >= 0.3 is 0 Å². The lowest BCUT2D eigenvalue weighted by Crippen LogP contribution is -2.14. The summed E-state index contributed by atoms with van der Waals surface area (Å²) in [6.07, 6.45) is 2.34. The third-order valence-corrected chi connectivity index (χ3v) is 3.07. The second kappa shape index (κ2) is 5.87. The van der Waals surface area contributed by atoms with Crippen molar-refractivity contribution in [3.63, 3.8) is 0 Å². The van der Waals surface area contributed by atoms with E-state index in [2.05, 4.69) is 46.9 Å². The number of fused-ring (bicyclic) bond motifs is 1. The smallest absolute Gasteiger partial charge is 0.203 e. The second-order valence-corrected chi connectivity index (χ2v) is 4.65. The van der Waals surface area contributed by atoms with Gasteiger partial charge in [0.25, 0.3) is 0 Å². The normalized spacial score (nSPS) is 11.1. The van der Waals surface area contributed by atoms with E-state index in [1.165, 1.54) is 12.0 Å². The van der Waals surface area contributed by atoms with Crippen LogP contribution in [0.1, 0.15) is 25.3 Å². The number of hydrogen-bond acceptors (Lipinski definition) is 3. The Bertz CT molecular complexity index is 516. The molecule has 0 amide bonds. The molecule has 1 heterocycles. The number of nitrogens with two attached hydrogens (primary N) is 1. The van der Waals surface area contributed by atoms with Crippen molar-refractivity contribution < 1.29 is 0 Å². The van der Waals surface area contributed by atoms with Crippen LogP contribution in [0.5, 0.6) is 0 Å². The Hall–Kier alpha value is -1.55. The first-order valence-electron chi connectivity index (χ1n) is 6.67. The predicted molar refractivity (Wildman–Crippen MR) is 76.9 cm³/mol. The van der Waals surface area contributed by atoms with E-state index in [9.17, 15) is 0 Å². The molecule has 0 aliphatic carbocycles. The topological polar surface area (TPSA) is 55.9 Å². The Morgan fingerprint density at radius 1 is 1.39 bits per heavy atom. The molecule has 3 N–H and O–H groups in total. The molecule has 0 aliphatic rings. The summed E-state index contributed by atoms with van der Waals surface area (Å²) in [6.45, 7) is 6.67. The summed E-state index contributed by atoms with van der Waals surface area (Å²) in [5.41, 5.74) is 9.13. The monoisotopic (exact) mass is 246 g/mol. The van der Waals surface area contributed by atoms with Gasteiger partial charge in [0.2, 0.25) is 5.95 Å². The van der Waals surface area contributed by atoms with Crippen LogP contribution in [0.3, 0.4) is 0 Å². The van der Waals surface area contributed by atoms with Gasteiger partial charge in [-0.3, -0.25) is 0 Å². The van der Waals surface area contributed by atoms with E-state index in [0.717, 1.165) is 36.5 Å². The van der Waals surface area contributed by atoms with E-state index < -0.39 is 0 Å². The molecule has 0 atom stereocenters. The first-order chi connectivity index (χ1) is 8.76.